The molecule has 1 amide bonds. The molecule has 35 heavy (non-hydrogen) atoms. The number of hydrogen-bond acceptors (Lipinski definition) is 7. The summed E-state index contributed by atoms with van der Waals surface area (Å²) in [6.45, 7) is 6.57. The molecule has 0 spiro atoms. The second-order valence-corrected chi connectivity index (χ2v) is 8.90. The molecule has 0 aliphatic carbocycles. The van der Waals surface area contributed by atoms with Gasteiger partial charge in [-0.1, -0.05) is 6.07 Å². The zero-order valence-corrected chi connectivity index (χ0v) is 19.8. The summed E-state index contributed by atoms with van der Waals surface area (Å²) in [6.07, 6.45) is 0. The lowest BCUT2D eigenvalue weighted by Gasteiger charge is -2.36. The molecule has 0 saturated carbocycles. The number of aromatic nitrogens is 2. The zero-order valence-electron chi connectivity index (χ0n) is 19.8. The smallest absolute Gasteiger partial charge is 0.254 e. The predicted octanol–water partition coefficient (Wildman–Crippen LogP) is 3.12. The van der Waals surface area contributed by atoms with E-state index in [0.29, 0.717) is 43.2 Å². The summed E-state index contributed by atoms with van der Waals surface area (Å²) in [5, 5.41) is 8.91. The number of carbonyl (C=O) groups excluding carboxylic acids is 1. The van der Waals surface area contributed by atoms with Crippen molar-refractivity contribution in [2.45, 2.75) is 0 Å². The van der Waals surface area contributed by atoms with Crippen LogP contribution in [0.1, 0.15) is 10.4 Å². The number of amides is 1. The average Bonchev–Trinajstić information content (AvgIpc) is 2.90. The van der Waals surface area contributed by atoms with E-state index in [1.807, 2.05) is 17.0 Å². The maximum absolute atomic E-state index is 13.1. The minimum absolute atomic E-state index is 0.0364. The Bertz CT molecular complexity index is 1140. The number of anilines is 2. The first-order chi connectivity index (χ1) is 17.0. The molecule has 0 unspecified atom stereocenters. The number of benzene rings is 2. The van der Waals surface area contributed by atoms with Gasteiger partial charge >= 0.3 is 0 Å². The van der Waals surface area contributed by atoms with Crippen molar-refractivity contribution >= 4 is 17.5 Å². The molecule has 1 aromatic heterocycles. The van der Waals surface area contributed by atoms with Crippen molar-refractivity contribution < 1.29 is 13.9 Å². The molecule has 0 radical (unpaired) electrons. The summed E-state index contributed by atoms with van der Waals surface area (Å²) in [7, 11) is 2.13. The fourth-order valence-electron chi connectivity index (χ4n) is 4.34. The Balaban J connectivity index is 1.16. The molecule has 2 aliphatic heterocycles. The first-order valence-corrected chi connectivity index (χ1v) is 11.9. The van der Waals surface area contributed by atoms with Gasteiger partial charge in [0.05, 0.1) is 0 Å². The van der Waals surface area contributed by atoms with E-state index in [1.54, 1.807) is 36.4 Å². The van der Waals surface area contributed by atoms with Gasteiger partial charge in [-0.2, -0.15) is 0 Å². The molecule has 3 aromatic rings. The third kappa shape index (κ3) is 5.51. The maximum atomic E-state index is 13.1. The van der Waals surface area contributed by atoms with Crippen molar-refractivity contribution in [3.8, 4) is 11.5 Å². The molecule has 8 nitrogen and oxygen atoms in total. The van der Waals surface area contributed by atoms with E-state index in [9.17, 15) is 9.18 Å². The van der Waals surface area contributed by atoms with Gasteiger partial charge in [-0.15, -0.1) is 10.2 Å². The minimum Gasteiger partial charge on any atom is -0.457 e. The number of hydrogen-bond donors (Lipinski definition) is 0. The number of ether oxygens (including phenoxy) is 1. The largest absolute Gasteiger partial charge is 0.457 e. The topological polar surface area (TPSA) is 65.0 Å². The zero-order chi connectivity index (χ0) is 24.2. The highest BCUT2D eigenvalue weighted by Gasteiger charge is 2.24. The van der Waals surface area contributed by atoms with Crippen LogP contribution in [-0.4, -0.2) is 85.3 Å². The SMILES string of the molecule is CN1CCN(c2ccc(N3CCN(C(=O)c4cccc(Oc5ccc(F)cc5)c4)CC3)nn2)CC1. The molecule has 9 heteroatoms. The van der Waals surface area contributed by atoms with Gasteiger partial charge in [-0.05, 0) is 61.6 Å². The van der Waals surface area contributed by atoms with Crippen molar-refractivity contribution in [1.29, 1.82) is 0 Å². The lowest BCUT2D eigenvalue weighted by atomic mass is 10.1. The monoisotopic (exact) mass is 476 g/mol. The molecule has 0 N–H and O–H groups in total. The molecular formula is C26H29FN6O2. The third-order valence-corrected chi connectivity index (χ3v) is 6.48. The maximum Gasteiger partial charge on any atom is 0.254 e. The van der Waals surface area contributed by atoms with Crippen LogP contribution in [-0.2, 0) is 0 Å². The fraction of sp³-hybridized carbons (Fsp3) is 0.346. The second kappa shape index (κ2) is 10.3. The van der Waals surface area contributed by atoms with Gasteiger partial charge < -0.3 is 24.3 Å². The van der Waals surface area contributed by atoms with E-state index in [1.165, 1.54) is 12.1 Å². The van der Waals surface area contributed by atoms with E-state index >= 15 is 0 Å². The van der Waals surface area contributed by atoms with Gasteiger partial charge in [0, 0.05) is 57.9 Å². The highest BCUT2D eigenvalue weighted by molar-refractivity contribution is 5.94. The summed E-state index contributed by atoms with van der Waals surface area (Å²) in [5.41, 5.74) is 0.564. The summed E-state index contributed by atoms with van der Waals surface area (Å²) in [4.78, 5) is 21.7. The average molecular weight is 477 g/mol. The molecule has 2 aromatic carbocycles. The van der Waals surface area contributed by atoms with Crippen molar-refractivity contribution in [1.82, 2.24) is 20.0 Å². The quantitative estimate of drug-likeness (QED) is 0.561. The lowest BCUT2D eigenvalue weighted by molar-refractivity contribution is 0.0746. The number of halogens is 1. The van der Waals surface area contributed by atoms with Crippen LogP contribution in [0.5, 0.6) is 11.5 Å². The summed E-state index contributed by atoms with van der Waals surface area (Å²) in [6, 6.07) is 16.9. The Morgan fingerprint density at radius 3 is 1.97 bits per heavy atom. The van der Waals surface area contributed by atoms with Crippen LogP contribution >= 0.6 is 0 Å². The second-order valence-electron chi connectivity index (χ2n) is 8.90. The van der Waals surface area contributed by atoms with Crippen LogP contribution in [0.2, 0.25) is 0 Å². The van der Waals surface area contributed by atoms with E-state index in [0.717, 1.165) is 37.8 Å². The van der Waals surface area contributed by atoms with E-state index in [-0.39, 0.29) is 11.7 Å². The van der Waals surface area contributed by atoms with Gasteiger partial charge in [0.1, 0.15) is 17.3 Å². The number of nitrogens with zero attached hydrogens (tertiary/aromatic N) is 6. The van der Waals surface area contributed by atoms with Crippen LogP contribution in [0.15, 0.2) is 60.7 Å². The molecule has 5 rings (SSSR count). The first kappa shape index (κ1) is 23.0. The molecule has 2 saturated heterocycles. The third-order valence-electron chi connectivity index (χ3n) is 6.48. The molecule has 2 fully saturated rings. The van der Waals surface area contributed by atoms with Gasteiger partial charge in [0.25, 0.3) is 5.91 Å². The fourth-order valence-corrected chi connectivity index (χ4v) is 4.34. The number of likely N-dealkylation sites (N-methyl/N-ethyl adjacent to an activating group) is 1. The Hall–Kier alpha value is -3.72. The molecular weight excluding hydrogens is 447 g/mol. The Morgan fingerprint density at radius 2 is 1.37 bits per heavy atom. The van der Waals surface area contributed by atoms with Crippen LogP contribution in [0.4, 0.5) is 16.0 Å². The van der Waals surface area contributed by atoms with Gasteiger partial charge in [0.15, 0.2) is 11.6 Å². The van der Waals surface area contributed by atoms with Crippen molar-refractivity contribution in [3.63, 3.8) is 0 Å². The predicted molar refractivity (Wildman–Crippen MR) is 133 cm³/mol. The van der Waals surface area contributed by atoms with Crippen molar-refractivity contribution in [2.24, 2.45) is 0 Å². The van der Waals surface area contributed by atoms with Crippen LogP contribution in [0.25, 0.3) is 0 Å². The number of carbonyl (C=O) groups is 1. The van der Waals surface area contributed by atoms with Crippen molar-refractivity contribution in [2.75, 3.05) is 69.2 Å². The minimum atomic E-state index is -0.322. The van der Waals surface area contributed by atoms with Crippen LogP contribution in [0.3, 0.4) is 0 Å². The summed E-state index contributed by atoms with van der Waals surface area (Å²) >= 11 is 0. The Labute approximate surface area is 204 Å². The Kier molecular flexibility index (Phi) is 6.76. The highest BCUT2D eigenvalue weighted by Crippen LogP contribution is 2.24. The van der Waals surface area contributed by atoms with Gasteiger partial charge in [0.2, 0.25) is 0 Å². The molecule has 2 aliphatic rings. The molecule has 3 heterocycles. The highest BCUT2D eigenvalue weighted by atomic mass is 19.1. The molecule has 182 valence electrons. The molecule has 0 atom stereocenters. The van der Waals surface area contributed by atoms with E-state index < -0.39 is 0 Å². The van der Waals surface area contributed by atoms with E-state index in [4.69, 9.17) is 4.74 Å². The van der Waals surface area contributed by atoms with E-state index in [2.05, 4.69) is 31.9 Å². The van der Waals surface area contributed by atoms with Crippen LogP contribution in [0, 0.1) is 5.82 Å². The summed E-state index contributed by atoms with van der Waals surface area (Å²) in [5.74, 6) is 2.45. The van der Waals surface area contributed by atoms with Crippen molar-refractivity contribution in [3.05, 3.63) is 72.0 Å². The standard InChI is InChI=1S/C26H29FN6O2/c1-30-11-13-31(14-12-30)24-9-10-25(29-28-24)32-15-17-33(18-16-32)26(34)20-3-2-4-23(19-20)35-22-7-5-21(27)6-8-22/h2-10,19H,11-18H2,1H3. The summed E-state index contributed by atoms with van der Waals surface area (Å²) < 4.78 is 18.9. The normalized spacial score (nSPS) is 16.9. The molecule has 0 bridgehead atoms. The lowest BCUT2D eigenvalue weighted by Crippen LogP contribution is -2.49. The van der Waals surface area contributed by atoms with Gasteiger partial charge in [-0.3, -0.25) is 4.79 Å². The Morgan fingerprint density at radius 1 is 0.771 bits per heavy atom. The first-order valence-electron chi connectivity index (χ1n) is 11.9. The van der Waals surface area contributed by atoms with Crippen LogP contribution < -0.4 is 14.5 Å². The number of piperazine rings is 2. The van der Waals surface area contributed by atoms with Gasteiger partial charge in [-0.25, -0.2) is 4.39 Å². The number of rotatable bonds is 5.